The lowest BCUT2D eigenvalue weighted by Crippen LogP contribution is -2.43. The highest BCUT2D eigenvalue weighted by atomic mass is 16.5. The number of amides is 1. The van der Waals surface area contributed by atoms with Crippen LogP contribution in [0.3, 0.4) is 0 Å². The molecule has 212 valence electrons. The van der Waals surface area contributed by atoms with Crippen LogP contribution >= 0.6 is 0 Å². The van der Waals surface area contributed by atoms with Crippen molar-refractivity contribution in [2.24, 2.45) is 0 Å². The molecule has 3 aromatic rings. The average molecular weight is 550 g/mol. The lowest BCUT2D eigenvalue weighted by Gasteiger charge is -2.37. The second-order valence-corrected chi connectivity index (χ2v) is 9.18. The van der Waals surface area contributed by atoms with Gasteiger partial charge in [0.15, 0.2) is 23.0 Å². The minimum atomic E-state index is -0.386. The third-order valence-corrected chi connectivity index (χ3v) is 6.90. The Balaban J connectivity index is 1.60. The molecular weight excluding hydrogens is 514 g/mol. The molecule has 0 unspecified atom stereocenters. The molecule has 0 bridgehead atoms. The summed E-state index contributed by atoms with van der Waals surface area (Å²) in [6.45, 7) is 2.79. The van der Waals surface area contributed by atoms with E-state index in [1.165, 1.54) is 0 Å². The van der Waals surface area contributed by atoms with Gasteiger partial charge in [-0.05, 0) is 78.6 Å². The van der Waals surface area contributed by atoms with E-state index in [0.29, 0.717) is 53.9 Å². The van der Waals surface area contributed by atoms with E-state index in [9.17, 15) is 9.59 Å². The first-order valence-corrected chi connectivity index (χ1v) is 13.1. The lowest BCUT2D eigenvalue weighted by molar-refractivity contribution is -0.134. The van der Waals surface area contributed by atoms with E-state index in [1.807, 2.05) is 29.2 Å². The van der Waals surface area contributed by atoms with Crippen molar-refractivity contribution in [2.45, 2.75) is 25.8 Å². The van der Waals surface area contributed by atoms with Crippen molar-refractivity contribution in [3.05, 3.63) is 76.9 Å². The highest BCUT2D eigenvalue weighted by molar-refractivity contribution is 5.89. The molecular formula is C31H35NO8. The fourth-order valence-electron chi connectivity index (χ4n) is 4.85. The van der Waals surface area contributed by atoms with Crippen molar-refractivity contribution < 1.29 is 38.0 Å². The van der Waals surface area contributed by atoms with Gasteiger partial charge in [0.2, 0.25) is 5.91 Å². The van der Waals surface area contributed by atoms with Crippen molar-refractivity contribution in [1.29, 1.82) is 0 Å². The maximum Gasteiger partial charge on any atom is 0.338 e. The molecule has 40 heavy (non-hydrogen) atoms. The molecule has 9 heteroatoms. The second kappa shape index (κ2) is 13.1. The molecule has 0 aliphatic carbocycles. The normalized spacial score (nSPS) is 14.1. The largest absolute Gasteiger partial charge is 0.493 e. The monoisotopic (exact) mass is 549 g/mol. The van der Waals surface area contributed by atoms with Crippen molar-refractivity contribution in [3.8, 4) is 28.7 Å². The van der Waals surface area contributed by atoms with Crippen LogP contribution in [0.5, 0.6) is 28.7 Å². The highest BCUT2D eigenvalue weighted by Gasteiger charge is 2.33. The second-order valence-electron chi connectivity index (χ2n) is 9.18. The molecule has 1 heterocycles. The summed E-state index contributed by atoms with van der Waals surface area (Å²) in [6, 6.07) is 15.8. The molecule has 0 fully saturated rings. The predicted octanol–water partition coefficient (Wildman–Crippen LogP) is 4.65. The van der Waals surface area contributed by atoms with Gasteiger partial charge in [-0.15, -0.1) is 0 Å². The third kappa shape index (κ3) is 6.25. The molecule has 0 saturated heterocycles. The van der Waals surface area contributed by atoms with E-state index in [4.69, 9.17) is 28.4 Å². The Morgan fingerprint density at radius 3 is 2.12 bits per heavy atom. The molecule has 0 aromatic heterocycles. The van der Waals surface area contributed by atoms with Crippen LogP contribution in [0.25, 0.3) is 0 Å². The summed E-state index contributed by atoms with van der Waals surface area (Å²) < 4.78 is 33.1. The summed E-state index contributed by atoms with van der Waals surface area (Å²) in [5, 5.41) is 0. The van der Waals surface area contributed by atoms with Gasteiger partial charge in [-0.25, -0.2) is 4.79 Å². The summed E-state index contributed by atoms with van der Waals surface area (Å²) in [5.74, 6) is 2.54. The fourth-order valence-corrected chi connectivity index (χ4v) is 4.85. The number of hydrogen-bond acceptors (Lipinski definition) is 8. The van der Waals surface area contributed by atoms with Gasteiger partial charge in [-0.3, -0.25) is 4.79 Å². The number of carbonyl (C=O) groups excluding carboxylic acids is 2. The third-order valence-electron chi connectivity index (χ3n) is 6.90. The minimum absolute atomic E-state index is 0.0427. The van der Waals surface area contributed by atoms with Crippen molar-refractivity contribution in [2.75, 3.05) is 48.2 Å². The molecule has 1 aliphatic heterocycles. The van der Waals surface area contributed by atoms with Gasteiger partial charge in [0, 0.05) is 6.54 Å². The minimum Gasteiger partial charge on any atom is -0.493 e. The Morgan fingerprint density at radius 2 is 1.48 bits per heavy atom. The molecule has 4 rings (SSSR count). The maximum atomic E-state index is 13.7. The van der Waals surface area contributed by atoms with Gasteiger partial charge < -0.3 is 33.3 Å². The van der Waals surface area contributed by atoms with Gasteiger partial charge in [0.25, 0.3) is 0 Å². The number of ether oxygens (including phenoxy) is 6. The van der Waals surface area contributed by atoms with Gasteiger partial charge in [0.1, 0.15) is 12.4 Å². The number of nitrogens with zero attached hydrogens (tertiary/aromatic N) is 1. The molecule has 1 atom stereocenters. The van der Waals surface area contributed by atoms with Crippen LogP contribution in [0.1, 0.15) is 40.0 Å². The number of methoxy groups -OCH3 is 4. The zero-order valence-electron chi connectivity index (χ0n) is 23.5. The number of esters is 1. The van der Waals surface area contributed by atoms with E-state index in [0.717, 1.165) is 16.7 Å². The summed E-state index contributed by atoms with van der Waals surface area (Å²) in [4.78, 5) is 27.6. The van der Waals surface area contributed by atoms with E-state index in [2.05, 4.69) is 0 Å². The SMILES string of the molecule is CCOC(=O)c1ccc(OC[C@@H]2c3cc(OC)c(OC)cc3CCN2C(=O)Cc2ccc(OC)c(OC)c2)cc1. The van der Waals surface area contributed by atoms with Gasteiger partial charge >= 0.3 is 5.97 Å². The quantitative estimate of drug-likeness (QED) is 0.319. The number of benzene rings is 3. The van der Waals surface area contributed by atoms with Gasteiger partial charge in [0.05, 0.1) is 53.1 Å². The Hall–Kier alpha value is -4.40. The Morgan fingerprint density at radius 1 is 0.825 bits per heavy atom. The smallest absolute Gasteiger partial charge is 0.338 e. The van der Waals surface area contributed by atoms with Crippen LogP contribution in [0.2, 0.25) is 0 Å². The highest BCUT2D eigenvalue weighted by Crippen LogP contribution is 2.39. The summed E-state index contributed by atoms with van der Waals surface area (Å²) in [5.41, 5.74) is 3.27. The van der Waals surface area contributed by atoms with Gasteiger partial charge in [-0.1, -0.05) is 6.07 Å². The van der Waals surface area contributed by atoms with Gasteiger partial charge in [-0.2, -0.15) is 0 Å². The molecule has 0 spiro atoms. The van der Waals surface area contributed by atoms with Crippen LogP contribution in [-0.4, -0.2) is 65.0 Å². The zero-order valence-corrected chi connectivity index (χ0v) is 23.5. The van der Waals surface area contributed by atoms with E-state index in [1.54, 1.807) is 65.7 Å². The van der Waals surface area contributed by atoms with E-state index >= 15 is 0 Å². The molecule has 0 radical (unpaired) electrons. The zero-order chi connectivity index (χ0) is 28.6. The predicted molar refractivity (Wildman–Crippen MR) is 149 cm³/mol. The summed E-state index contributed by atoms with van der Waals surface area (Å²) in [6.07, 6.45) is 0.853. The van der Waals surface area contributed by atoms with Crippen LogP contribution < -0.4 is 23.7 Å². The summed E-state index contributed by atoms with van der Waals surface area (Å²) in [7, 11) is 6.33. The maximum absolute atomic E-state index is 13.7. The average Bonchev–Trinajstić information content (AvgIpc) is 2.99. The lowest BCUT2D eigenvalue weighted by atomic mass is 9.91. The topological polar surface area (TPSA) is 92.8 Å². The van der Waals surface area contributed by atoms with Crippen molar-refractivity contribution in [3.63, 3.8) is 0 Å². The first-order valence-electron chi connectivity index (χ1n) is 13.1. The number of hydrogen-bond donors (Lipinski definition) is 0. The van der Waals surface area contributed by atoms with Crippen molar-refractivity contribution in [1.82, 2.24) is 4.90 Å². The molecule has 9 nitrogen and oxygen atoms in total. The first-order chi connectivity index (χ1) is 19.4. The van der Waals surface area contributed by atoms with Crippen LogP contribution in [-0.2, 0) is 22.4 Å². The summed E-state index contributed by atoms with van der Waals surface area (Å²) >= 11 is 0. The number of fused-ring (bicyclic) bond motifs is 1. The van der Waals surface area contributed by atoms with Crippen LogP contribution in [0.4, 0.5) is 0 Å². The Kier molecular flexibility index (Phi) is 9.37. The van der Waals surface area contributed by atoms with E-state index in [-0.39, 0.29) is 30.9 Å². The van der Waals surface area contributed by atoms with Crippen molar-refractivity contribution >= 4 is 11.9 Å². The number of carbonyl (C=O) groups is 2. The molecule has 0 N–H and O–H groups in total. The standard InChI is InChI=1S/C31H35NO8/c1-6-39-31(34)21-8-10-23(11-9-21)40-19-25-24-18-29(38-5)28(37-4)17-22(24)13-14-32(25)30(33)16-20-7-12-26(35-2)27(15-20)36-3/h7-12,15,17-18,25H,6,13-14,16,19H2,1-5H3/t25-/m1/s1. The van der Waals surface area contributed by atoms with E-state index < -0.39 is 0 Å². The molecule has 1 amide bonds. The van der Waals surface area contributed by atoms with Crippen LogP contribution in [0, 0.1) is 0 Å². The van der Waals surface area contributed by atoms with Crippen LogP contribution in [0.15, 0.2) is 54.6 Å². The number of rotatable bonds is 11. The molecule has 1 aliphatic rings. The molecule has 3 aromatic carbocycles. The molecule has 0 saturated carbocycles. The first kappa shape index (κ1) is 28.6. The Labute approximate surface area is 234 Å². The fraction of sp³-hybridized carbons (Fsp3) is 0.355. The Bertz CT molecular complexity index is 1340.